The first kappa shape index (κ1) is 56.3. The predicted molar refractivity (Wildman–Crippen MR) is 237 cm³/mol. The zero-order valence-corrected chi connectivity index (χ0v) is 41.2. The van der Waals surface area contributed by atoms with E-state index in [2.05, 4.69) is 0 Å². The van der Waals surface area contributed by atoms with Crippen LogP contribution in [0.2, 0.25) is 0 Å². The lowest BCUT2D eigenvalue weighted by molar-refractivity contribution is -0.377. The van der Waals surface area contributed by atoms with Gasteiger partial charge in [0.25, 0.3) is 3.79 Å². The number of hydrogen-bond donors (Lipinski definition) is 1. The molecule has 0 amide bonds. The molecule has 0 bridgehead atoms. The summed E-state index contributed by atoms with van der Waals surface area (Å²) in [6.07, 6.45) is -24.8. The van der Waals surface area contributed by atoms with Crippen LogP contribution in [-0.2, 0) is 95.1 Å². The predicted octanol–water partition coefficient (Wildman–Crippen LogP) is 3.62. The molecule has 14 atom stereocenters. The van der Waals surface area contributed by atoms with Gasteiger partial charge in [-0.3, -0.25) is 34.2 Å². The fourth-order valence-corrected chi connectivity index (χ4v) is 7.62. The lowest BCUT2D eigenvalue weighted by Crippen LogP contribution is -2.68. The highest BCUT2D eigenvalue weighted by Gasteiger charge is 2.59. The lowest BCUT2D eigenvalue weighted by atomic mass is 9.95. The smallest absolute Gasteiger partial charge is 0.338 e. The fourth-order valence-electron chi connectivity index (χ4n) is 7.49. The normalized spacial score (nSPS) is 29.4. The highest BCUT2D eigenvalue weighted by atomic mass is 35.6. The third-order valence-electron chi connectivity index (χ3n) is 10.3. The fraction of sp³-hybridized carbons (Fsp3) is 0.533. The number of halogens is 3. The van der Waals surface area contributed by atoms with Crippen LogP contribution in [0, 0.1) is 5.41 Å². The second-order valence-corrected chi connectivity index (χ2v) is 18.1. The van der Waals surface area contributed by atoms with Gasteiger partial charge in [0.2, 0.25) is 12.2 Å². The van der Waals surface area contributed by atoms with E-state index in [4.69, 9.17) is 107 Å². The molecule has 3 fully saturated rings. The molecule has 388 valence electrons. The first-order valence-electron chi connectivity index (χ1n) is 21.5. The quantitative estimate of drug-likeness (QED) is 0.0825. The topological polar surface area (TPSA) is 290 Å². The summed E-state index contributed by atoms with van der Waals surface area (Å²) in [6, 6.07) is 15.2. The van der Waals surface area contributed by atoms with Gasteiger partial charge in [-0.15, -0.1) is 0 Å². The van der Waals surface area contributed by atoms with Gasteiger partial charge in [-0.05, 0) is 31.2 Å². The van der Waals surface area contributed by atoms with Gasteiger partial charge in [0.05, 0.1) is 23.8 Å². The molecule has 3 aliphatic heterocycles. The third kappa shape index (κ3) is 15.7. The number of nitrogens with one attached hydrogen (secondary N) is 1. The summed E-state index contributed by atoms with van der Waals surface area (Å²) in [4.78, 5) is 103. The summed E-state index contributed by atoms with van der Waals surface area (Å²) < 4.78 is 79.8. The van der Waals surface area contributed by atoms with E-state index in [1.54, 1.807) is 24.3 Å². The Hall–Kier alpha value is -5.66. The Morgan fingerprint density at radius 3 is 1.48 bits per heavy atom. The molecule has 3 heterocycles. The molecule has 0 aliphatic carbocycles. The maximum Gasteiger partial charge on any atom is 0.338 e. The van der Waals surface area contributed by atoms with Crippen LogP contribution in [0.5, 0.6) is 0 Å². The van der Waals surface area contributed by atoms with Crippen molar-refractivity contribution in [2.45, 2.75) is 138 Å². The Morgan fingerprint density at radius 1 is 0.521 bits per heavy atom. The van der Waals surface area contributed by atoms with E-state index in [1.807, 2.05) is 0 Å². The summed E-state index contributed by atoms with van der Waals surface area (Å²) in [6.45, 7) is 6.22. The van der Waals surface area contributed by atoms with Crippen LogP contribution in [0.15, 0.2) is 60.7 Å². The molecule has 1 N–H and O–H groups in total. The average Bonchev–Trinajstić information content (AvgIpc) is 3.28. The van der Waals surface area contributed by atoms with Crippen LogP contribution < -0.4 is 0 Å². The maximum absolute atomic E-state index is 14.2. The minimum atomic E-state index is -2.54. The van der Waals surface area contributed by atoms with Gasteiger partial charge in [0.15, 0.2) is 61.4 Å². The van der Waals surface area contributed by atoms with Gasteiger partial charge < -0.3 is 66.3 Å². The summed E-state index contributed by atoms with van der Waals surface area (Å²) in [5.74, 6) is -8.61. The van der Waals surface area contributed by atoms with Crippen molar-refractivity contribution in [3.63, 3.8) is 0 Å². The molecule has 0 saturated carbocycles. The first-order valence-corrected chi connectivity index (χ1v) is 22.6. The lowest BCUT2D eigenvalue weighted by Gasteiger charge is -2.50. The van der Waals surface area contributed by atoms with E-state index >= 15 is 0 Å². The molecule has 71 heavy (non-hydrogen) atoms. The van der Waals surface area contributed by atoms with Crippen molar-refractivity contribution in [2.75, 3.05) is 13.2 Å². The largest absolute Gasteiger partial charge is 0.463 e. The highest BCUT2D eigenvalue weighted by Crippen LogP contribution is 2.39. The molecule has 3 aliphatic rings. The molecule has 0 radical (unpaired) electrons. The van der Waals surface area contributed by atoms with Crippen molar-refractivity contribution in [3.05, 3.63) is 71.8 Å². The molecule has 2 aromatic carbocycles. The van der Waals surface area contributed by atoms with Gasteiger partial charge in [-0.2, -0.15) is 0 Å². The molecule has 23 nitrogen and oxygen atoms in total. The zero-order chi connectivity index (χ0) is 52.3. The molecule has 3 saturated heterocycles. The monoisotopic (exact) mass is 1060 g/mol. The van der Waals surface area contributed by atoms with Crippen LogP contribution in [0.3, 0.4) is 0 Å². The SMILES string of the molecule is CC(=O)OC[C@H]1O[C@H](OC(=N)C(Cl)(Cl)Cl)[C@H](OC(C)=O)[C@@H](O[C@@H]2O[C@@H](C)[C@H](OC(=O)c3ccccc3)[C@@H](OC(=O)c3ccccc3)[C@H]2O[C@@H]2OC[C@H](OC(C)=O)[C@H](OC(C)=O)[C@H]2OC(C)=O)[C@@H]1OC(C)=O. The minimum absolute atomic E-state index is 0.0131. The molecule has 26 heteroatoms. The molecule has 0 aromatic heterocycles. The summed E-state index contributed by atoms with van der Waals surface area (Å²) in [5, 5.41) is 8.36. The van der Waals surface area contributed by atoms with E-state index in [9.17, 15) is 38.4 Å². The van der Waals surface area contributed by atoms with Crippen LogP contribution in [0.25, 0.3) is 0 Å². The first-order chi connectivity index (χ1) is 33.4. The summed E-state index contributed by atoms with van der Waals surface area (Å²) in [5.41, 5.74) is 0.0386. The number of carbonyl (C=O) groups is 8. The van der Waals surface area contributed by atoms with Crippen molar-refractivity contribution in [3.8, 4) is 0 Å². The maximum atomic E-state index is 14.2. The van der Waals surface area contributed by atoms with E-state index in [0.29, 0.717) is 0 Å². The summed E-state index contributed by atoms with van der Waals surface area (Å²) >= 11 is 17.9. The van der Waals surface area contributed by atoms with Crippen molar-refractivity contribution in [1.82, 2.24) is 0 Å². The average molecular weight is 1060 g/mol. The molecule has 0 spiro atoms. The van der Waals surface area contributed by atoms with Gasteiger partial charge in [-0.1, -0.05) is 71.2 Å². The molecule has 2 aromatic rings. The molecular weight excluding hydrogens is 1010 g/mol. The Kier molecular flexibility index (Phi) is 19.9. The summed E-state index contributed by atoms with van der Waals surface area (Å²) in [7, 11) is 0. The number of ether oxygens (including phenoxy) is 14. The van der Waals surface area contributed by atoms with Gasteiger partial charge in [0.1, 0.15) is 18.8 Å². The van der Waals surface area contributed by atoms with Crippen molar-refractivity contribution in [1.29, 1.82) is 5.41 Å². The number of hydrogen-bond acceptors (Lipinski definition) is 23. The molecular formula is C45H50Cl3NO22. The minimum Gasteiger partial charge on any atom is -0.463 e. The molecule has 5 rings (SSSR count). The van der Waals surface area contributed by atoms with Crippen LogP contribution in [-0.4, -0.2) is 157 Å². The van der Waals surface area contributed by atoms with E-state index < -0.39 is 157 Å². The number of benzene rings is 2. The van der Waals surface area contributed by atoms with E-state index in [-0.39, 0.29) is 11.1 Å². The Labute approximate surface area is 420 Å². The van der Waals surface area contributed by atoms with Crippen molar-refractivity contribution >= 4 is 88.5 Å². The van der Waals surface area contributed by atoms with Gasteiger partial charge in [-0.25, -0.2) is 9.59 Å². The molecule has 0 unspecified atom stereocenters. The van der Waals surface area contributed by atoms with Gasteiger partial charge >= 0.3 is 47.8 Å². The number of rotatable bonds is 16. The Bertz CT molecular complexity index is 2250. The standard InChI is InChI=1S/C45H50Cl3NO22/c1-20-31(67-39(56)27-14-10-8-11-15-27)34(68-40(57)28-16-12-9-13-17-28)38(70-41-36(64-25(6)54)33(63-24(5)53)29(19-59-41)61-22(3)51)42(60-20)69-35-32(62-23(4)52)30(18-58-21(2)50)66-43(37(35)65-26(7)55)71-44(49)45(46,47)48/h8-17,20,29-38,41-43,49H,18-19H2,1-7H3/t20-,29-,30+,31-,32+,33-,34+,35-,36+,37+,38+,41-,42-,43+/m0/s1. The van der Waals surface area contributed by atoms with Crippen LogP contribution in [0.4, 0.5) is 0 Å². The third-order valence-corrected chi connectivity index (χ3v) is 10.8. The Morgan fingerprint density at radius 2 is 0.986 bits per heavy atom. The highest BCUT2D eigenvalue weighted by molar-refractivity contribution is 6.76. The second-order valence-electron chi connectivity index (χ2n) is 15.8. The van der Waals surface area contributed by atoms with Crippen LogP contribution in [0.1, 0.15) is 69.2 Å². The van der Waals surface area contributed by atoms with E-state index in [1.165, 1.54) is 43.3 Å². The van der Waals surface area contributed by atoms with E-state index in [0.717, 1.165) is 41.5 Å². The van der Waals surface area contributed by atoms with Gasteiger partial charge in [0, 0.05) is 41.5 Å². The Balaban J connectivity index is 1.73. The zero-order valence-electron chi connectivity index (χ0n) is 38.9. The number of alkyl halides is 3. The number of carbonyl (C=O) groups excluding carboxylic acids is 8. The number of esters is 8. The van der Waals surface area contributed by atoms with Crippen molar-refractivity contribution in [2.24, 2.45) is 0 Å². The van der Waals surface area contributed by atoms with Crippen LogP contribution >= 0.6 is 34.8 Å². The van der Waals surface area contributed by atoms with Crippen molar-refractivity contribution < 1.29 is 105 Å². The second kappa shape index (κ2) is 25.1.